The van der Waals surface area contributed by atoms with E-state index >= 15 is 0 Å². The van der Waals surface area contributed by atoms with Gasteiger partial charge in [-0.1, -0.05) is 0 Å². The second kappa shape index (κ2) is 7.02. The van der Waals surface area contributed by atoms with E-state index in [9.17, 15) is 4.79 Å². The fraction of sp³-hybridized carbons (Fsp3) is 0.833. The molecule has 0 aromatic rings. The van der Waals surface area contributed by atoms with Crippen molar-refractivity contribution in [3.63, 3.8) is 0 Å². The van der Waals surface area contributed by atoms with E-state index in [1.54, 1.807) is 0 Å². The Labute approximate surface area is 54.8 Å². The highest BCUT2D eigenvalue weighted by molar-refractivity contribution is 7.98. The minimum Gasteiger partial charge on any atom is -0.291 e. The van der Waals surface area contributed by atoms with Gasteiger partial charge in [-0.05, 0) is 24.9 Å². The third-order valence-corrected chi connectivity index (χ3v) is 1.57. The Morgan fingerprint density at radius 2 is 2.25 bits per heavy atom. The molecule has 0 heterocycles. The molecule has 0 N–H and O–H groups in total. The molecule has 0 amide bonds. The molecule has 0 aliphatic carbocycles. The predicted octanol–water partition coefficient (Wildman–Crippen LogP) is 1.63. The standard InChI is InChI=1S/C6H11OS/c1-8-6-4-2-3-5-7/h2-4,6H2,1H3. The summed E-state index contributed by atoms with van der Waals surface area (Å²) in [6.45, 7) is 0. The minimum absolute atomic E-state index is 0.612. The number of rotatable bonds is 5. The molecule has 1 radical (unpaired) electrons. The van der Waals surface area contributed by atoms with E-state index in [-0.39, 0.29) is 0 Å². The van der Waals surface area contributed by atoms with Gasteiger partial charge < -0.3 is 0 Å². The van der Waals surface area contributed by atoms with Crippen molar-refractivity contribution in [3.05, 3.63) is 0 Å². The molecule has 47 valence electrons. The van der Waals surface area contributed by atoms with Gasteiger partial charge in [0.2, 0.25) is 0 Å². The lowest BCUT2D eigenvalue weighted by atomic mass is 10.3. The molecule has 8 heavy (non-hydrogen) atoms. The van der Waals surface area contributed by atoms with E-state index in [0.29, 0.717) is 6.42 Å². The highest BCUT2D eigenvalue weighted by Gasteiger charge is 1.84. The van der Waals surface area contributed by atoms with Crippen molar-refractivity contribution in [1.82, 2.24) is 0 Å². The average Bonchev–Trinajstić information content (AvgIpc) is 1.81. The zero-order chi connectivity index (χ0) is 6.24. The molecule has 0 saturated heterocycles. The lowest BCUT2D eigenvalue weighted by Gasteiger charge is -1.89. The maximum Gasteiger partial charge on any atom is 0.198 e. The van der Waals surface area contributed by atoms with Gasteiger partial charge in [-0.3, -0.25) is 4.79 Å². The van der Waals surface area contributed by atoms with Crippen molar-refractivity contribution in [2.45, 2.75) is 19.3 Å². The molecular formula is C6H11OS. The van der Waals surface area contributed by atoms with Crippen LogP contribution in [0, 0.1) is 0 Å². The quantitative estimate of drug-likeness (QED) is 0.527. The number of thioether (sulfide) groups is 1. The molecule has 2 heteroatoms. The molecular weight excluding hydrogens is 120 g/mol. The fourth-order valence-electron chi connectivity index (χ4n) is 0.444. The SMILES string of the molecule is CSCCCC[C]=O. The lowest BCUT2D eigenvalue weighted by molar-refractivity contribution is 0.548. The van der Waals surface area contributed by atoms with Gasteiger partial charge in [-0.25, -0.2) is 0 Å². The van der Waals surface area contributed by atoms with E-state index in [2.05, 4.69) is 6.26 Å². The van der Waals surface area contributed by atoms with E-state index in [1.165, 1.54) is 5.75 Å². The summed E-state index contributed by atoms with van der Waals surface area (Å²) in [5, 5.41) is 0. The molecule has 0 aromatic heterocycles. The Morgan fingerprint density at radius 3 is 2.75 bits per heavy atom. The Kier molecular flexibility index (Phi) is 7.04. The molecule has 0 saturated carbocycles. The Morgan fingerprint density at radius 1 is 1.50 bits per heavy atom. The molecule has 0 aliphatic heterocycles. The van der Waals surface area contributed by atoms with Gasteiger partial charge in [0.1, 0.15) is 0 Å². The van der Waals surface area contributed by atoms with Crippen molar-refractivity contribution in [3.8, 4) is 0 Å². The fourth-order valence-corrected chi connectivity index (χ4v) is 0.936. The summed E-state index contributed by atoms with van der Waals surface area (Å²) in [6, 6.07) is 0. The summed E-state index contributed by atoms with van der Waals surface area (Å²) < 4.78 is 0. The van der Waals surface area contributed by atoms with Crippen LogP contribution in [0.2, 0.25) is 0 Å². The number of hydrogen-bond donors (Lipinski definition) is 0. The van der Waals surface area contributed by atoms with Gasteiger partial charge in [0, 0.05) is 6.42 Å². The smallest absolute Gasteiger partial charge is 0.198 e. The highest BCUT2D eigenvalue weighted by Crippen LogP contribution is 1.99. The van der Waals surface area contributed by atoms with Crippen LogP contribution in [0.25, 0.3) is 0 Å². The van der Waals surface area contributed by atoms with Crippen molar-refractivity contribution in [1.29, 1.82) is 0 Å². The van der Waals surface area contributed by atoms with Gasteiger partial charge in [0.05, 0.1) is 0 Å². The zero-order valence-corrected chi connectivity index (χ0v) is 5.96. The molecule has 0 aliphatic rings. The van der Waals surface area contributed by atoms with E-state index in [4.69, 9.17) is 0 Å². The summed E-state index contributed by atoms with van der Waals surface area (Å²) in [5.41, 5.74) is 0. The van der Waals surface area contributed by atoms with Crippen LogP contribution in [0.15, 0.2) is 0 Å². The summed E-state index contributed by atoms with van der Waals surface area (Å²) >= 11 is 1.82. The van der Waals surface area contributed by atoms with Gasteiger partial charge >= 0.3 is 0 Å². The zero-order valence-electron chi connectivity index (χ0n) is 5.14. The summed E-state index contributed by atoms with van der Waals surface area (Å²) in [6.07, 6.45) is 6.71. The van der Waals surface area contributed by atoms with Crippen LogP contribution < -0.4 is 0 Å². The van der Waals surface area contributed by atoms with Crippen LogP contribution in [0.5, 0.6) is 0 Å². The average molecular weight is 131 g/mol. The highest BCUT2D eigenvalue weighted by atomic mass is 32.2. The molecule has 0 aromatic carbocycles. The Balaban J connectivity index is 2.62. The first-order valence-electron chi connectivity index (χ1n) is 2.75. The van der Waals surface area contributed by atoms with Crippen molar-refractivity contribution in [2.24, 2.45) is 0 Å². The number of carbonyl (C=O) groups excluding carboxylic acids is 1. The second-order valence-electron chi connectivity index (χ2n) is 1.59. The molecule has 0 bridgehead atoms. The van der Waals surface area contributed by atoms with Crippen molar-refractivity contribution < 1.29 is 4.79 Å². The number of hydrogen-bond acceptors (Lipinski definition) is 2. The third-order valence-electron chi connectivity index (χ3n) is 0.877. The maximum atomic E-state index is 9.64. The second-order valence-corrected chi connectivity index (χ2v) is 2.58. The Hall–Kier alpha value is 0.0200. The minimum atomic E-state index is 0.612. The van der Waals surface area contributed by atoms with Gasteiger partial charge in [0.15, 0.2) is 6.29 Å². The normalized spacial score (nSPS) is 9.12. The predicted molar refractivity (Wildman–Crippen MR) is 37.9 cm³/mol. The van der Waals surface area contributed by atoms with Crippen molar-refractivity contribution in [2.75, 3.05) is 12.0 Å². The van der Waals surface area contributed by atoms with Gasteiger partial charge in [-0.15, -0.1) is 0 Å². The largest absolute Gasteiger partial charge is 0.291 e. The summed E-state index contributed by atoms with van der Waals surface area (Å²) in [4.78, 5) is 9.64. The molecule has 0 atom stereocenters. The monoisotopic (exact) mass is 131 g/mol. The first-order valence-corrected chi connectivity index (χ1v) is 4.15. The topological polar surface area (TPSA) is 17.1 Å². The maximum absolute atomic E-state index is 9.64. The van der Waals surface area contributed by atoms with Crippen LogP contribution in [0.4, 0.5) is 0 Å². The van der Waals surface area contributed by atoms with E-state index in [1.807, 2.05) is 18.0 Å². The number of unbranched alkanes of at least 4 members (excludes halogenated alkanes) is 2. The Bertz CT molecular complexity index is 54.5. The van der Waals surface area contributed by atoms with E-state index in [0.717, 1.165) is 12.8 Å². The molecule has 0 unspecified atom stereocenters. The molecule has 0 fully saturated rings. The molecule has 1 nitrogen and oxygen atoms in total. The van der Waals surface area contributed by atoms with E-state index < -0.39 is 0 Å². The van der Waals surface area contributed by atoms with Crippen LogP contribution >= 0.6 is 11.8 Å². The summed E-state index contributed by atoms with van der Waals surface area (Å²) in [7, 11) is 0. The van der Waals surface area contributed by atoms with Gasteiger partial charge in [0.25, 0.3) is 0 Å². The van der Waals surface area contributed by atoms with Crippen LogP contribution in [0.3, 0.4) is 0 Å². The molecule has 0 rings (SSSR count). The molecule has 0 spiro atoms. The first kappa shape index (κ1) is 8.02. The van der Waals surface area contributed by atoms with Crippen molar-refractivity contribution >= 4 is 18.0 Å². The first-order chi connectivity index (χ1) is 3.91. The summed E-state index contributed by atoms with van der Waals surface area (Å²) in [5.74, 6) is 1.17. The van der Waals surface area contributed by atoms with Gasteiger partial charge in [-0.2, -0.15) is 11.8 Å². The lowest BCUT2D eigenvalue weighted by Crippen LogP contribution is -1.79. The van der Waals surface area contributed by atoms with Crippen LogP contribution in [-0.4, -0.2) is 18.3 Å². The third kappa shape index (κ3) is 6.02. The van der Waals surface area contributed by atoms with Crippen LogP contribution in [0.1, 0.15) is 19.3 Å². The van der Waals surface area contributed by atoms with Crippen LogP contribution in [-0.2, 0) is 4.79 Å².